The van der Waals surface area contributed by atoms with Gasteiger partial charge in [-0.1, -0.05) is 42.6 Å². The lowest BCUT2D eigenvalue weighted by atomic mass is 10.2. The summed E-state index contributed by atoms with van der Waals surface area (Å²) in [5.74, 6) is -0.0561. The predicted molar refractivity (Wildman–Crippen MR) is 77.5 cm³/mol. The lowest BCUT2D eigenvalue weighted by molar-refractivity contribution is -0.121. The Labute approximate surface area is 118 Å². The van der Waals surface area contributed by atoms with Crippen LogP contribution >= 0.6 is 23.2 Å². The van der Waals surface area contributed by atoms with Gasteiger partial charge in [-0.15, -0.1) is 0 Å². The molecule has 0 aromatic heterocycles. The number of halogens is 2. The monoisotopic (exact) mass is 288 g/mol. The van der Waals surface area contributed by atoms with Crippen LogP contribution in [0.2, 0.25) is 10.0 Å². The Morgan fingerprint density at radius 3 is 2.50 bits per heavy atom. The minimum absolute atomic E-state index is 0.0561. The molecule has 1 rings (SSSR count). The fourth-order valence-electron chi connectivity index (χ4n) is 1.46. The van der Waals surface area contributed by atoms with Gasteiger partial charge in [0, 0.05) is 6.54 Å². The zero-order valence-electron chi connectivity index (χ0n) is 10.6. The SMILES string of the molecule is CCCCNC(=O)C(C)Nc1c(Cl)cccc1Cl. The maximum absolute atomic E-state index is 11.8. The van der Waals surface area contributed by atoms with Crippen LogP contribution in [0.5, 0.6) is 0 Å². The number of benzene rings is 1. The van der Waals surface area contributed by atoms with Crippen molar-refractivity contribution < 1.29 is 4.79 Å². The van der Waals surface area contributed by atoms with E-state index in [0.29, 0.717) is 22.3 Å². The number of rotatable bonds is 6. The molecular formula is C13H18Cl2N2O. The van der Waals surface area contributed by atoms with E-state index in [4.69, 9.17) is 23.2 Å². The van der Waals surface area contributed by atoms with E-state index in [-0.39, 0.29) is 11.9 Å². The van der Waals surface area contributed by atoms with Gasteiger partial charge in [0.25, 0.3) is 0 Å². The molecule has 0 aliphatic carbocycles. The van der Waals surface area contributed by atoms with Crippen molar-refractivity contribution >= 4 is 34.8 Å². The predicted octanol–water partition coefficient (Wildman–Crippen LogP) is 3.71. The number of amides is 1. The molecule has 3 nitrogen and oxygen atoms in total. The van der Waals surface area contributed by atoms with E-state index in [1.807, 2.05) is 0 Å². The van der Waals surface area contributed by atoms with Crippen molar-refractivity contribution in [2.75, 3.05) is 11.9 Å². The minimum atomic E-state index is -0.376. The highest BCUT2D eigenvalue weighted by molar-refractivity contribution is 6.39. The van der Waals surface area contributed by atoms with Gasteiger partial charge in [0.05, 0.1) is 15.7 Å². The zero-order chi connectivity index (χ0) is 13.5. The zero-order valence-corrected chi connectivity index (χ0v) is 12.1. The summed E-state index contributed by atoms with van der Waals surface area (Å²) in [6.45, 7) is 4.55. The lowest BCUT2D eigenvalue weighted by Crippen LogP contribution is -2.38. The Kier molecular flexibility index (Phi) is 6.30. The molecule has 1 amide bonds. The summed E-state index contributed by atoms with van der Waals surface area (Å²) >= 11 is 12.1. The Balaban J connectivity index is 2.58. The van der Waals surface area contributed by atoms with Gasteiger partial charge >= 0.3 is 0 Å². The molecule has 0 aliphatic heterocycles. The van der Waals surface area contributed by atoms with E-state index in [0.717, 1.165) is 12.8 Å². The molecule has 1 unspecified atom stereocenters. The van der Waals surface area contributed by atoms with Gasteiger partial charge in [0.2, 0.25) is 5.91 Å². The summed E-state index contributed by atoms with van der Waals surface area (Å²) in [5, 5.41) is 6.90. The first-order valence-electron chi connectivity index (χ1n) is 6.04. The summed E-state index contributed by atoms with van der Waals surface area (Å²) in [6.07, 6.45) is 2.03. The second-order valence-corrected chi connectivity index (χ2v) is 4.92. The molecule has 5 heteroatoms. The summed E-state index contributed by atoms with van der Waals surface area (Å²) < 4.78 is 0. The third-order valence-corrected chi connectivity index (χ3v) is 3.18. The number of hydrogen-bond acceptors (Lipinski definition) is 2. The molecule has 1 aromatic carbocycles. The molecule has 0 bridgehead atoms. The van der Waals surface area contributed by atoms with Gasteiger partial charge in [0.1, 0.15) is 6.04 Å². The number of hydrogen-bond donors (Lipinski definition) is 2. The third-order valence-electron chi connectivity index (χ3n) is 2.55. The van der Waals surface area contributed by atoms with Crippen LogP contribution in [0.4, 0.5) is 5.69 Å². The van der Waals surface area contributed by atoms with Crippen LogP contribution < -0.4 is 10.6 Å². The number of carbonyl (C=O) groups is 1. The Morgan fingerprint density at radius 1 is 1.33 bits per heavy atom. The molecule has 0 fully saturated rings. The van der Waals surface area contributed by atoms with Gasteiger partial charge in [-0.3, -0.25) is 4.79 Å². The molecule has 0 radical (unpaired) electrons. The number of nitrogens with one attached hydrogen (secondary N) is 2. The number of unbranched alkanes of at least 4 members (excludes halogenated alkanes) is 1. The van der Waals surface area contributed by atoms with Crippen LogP contribution in [-0.4, -0.2) is 18.5 Å². The van der Waals surface area contributed by atoms with Crippen molar-refractivity contribution in [3.8, 4) is 0 Å². The molecule has 0 spiro atoms. The largest absolute Gasteiger partial charge is 0.371 e. The van der Waals surface area contributed by atoms with E-state index in [1.54, 1.807) is 25.1 Å². The van der Waals surface area contributed by atoms with Crippen molar-refractivity contribution in [2.45, 2.75) is 32.7 Å². The molecule has 0 heterocycles. The van der Waals surface area contributed by atoms with Crippen molar-refractivity contribution in [1.29, 1.82) is 0 Å². The fraction of sp³-hybridized carbons (Fsp3) is 0.462. The third kappa shape index (κ3) is 4.39. The van der Waals surface area contributed by atoms with E-state index in [2.05, 4.69) is 17.6 Å². The van der Waals surface area contributed by atoms with Crippen molar-refractivity contribution in [2.24, 2.45) is 0 Å². The molecular weight excluding hydrogens is 271 g/mol. The summed E-state index contributed by atoms with van der Waals surface area (Å²) in [6, 6.07) is 4.86. The average Bonchev–Trinajstić information content (AvgIpc) is 2.34. The standard InChI is InChI=1S/C13H18Cl2N2O/c1-3-4-8-16-13(18)9(2)17-12-10(14)6-5-7-11(12)15/h5-7,9,17H,3-4,8H2,1-2H3,(H,16,18). The first kappa shape index (κ1) is 15.1. The van der Waals surface area contributed by atoms with E-state index in [1.165, 1.54) is 0 Å². The maximum atomic E-state index is 11.8. The first-order chi connectivity index (χ1) is 8.56. The molecule has 18 heavy (non-hydrogen) atoms. The highest BCUT2D eigenvalue weighted by Gasteiger charge is 2.14. The van der Waals surface area contributed by atoms with Crippen LogP contribution in [0.15, 0.2) is 18.2 Å². The lowest BCUT2D eigenvalue weighted by Gasteiger charge is -2.17. The Bertz CT molecular complexity index is 390. The smallest absolute Gasteiger partial charge is 0.242 e. The summed E-state index contributed by atoms with van der Waals surface area (Å²) in [5.41, 5.74) is 0.596. The van der Waals surface area contributed by atoms with Crippen LogP contribution in [0.1, 0.15) is 26.7 Å². The van der Waals surface area contributed by atoms with Crippen molar-refractivity contribution in [3.05, 3.63) is 28.2 Å². The van der Waals surface area contributed by atoms with E-state index >= 15 is 0 Å². The molecule has 0 aliphatic rings. The van der Waals surface area contributed by atoms with Gasteiger partial charge in [0.15, 0.2) is 0 Å². The first-order valence-corrected chi connectivity index (χ1v) is 6.80. The van der Waals surface area contributed by atoms with Crippen LogP contribution in [0.25, 0.3) is 0 Å². The molecule has 1 atom stereocenters. The summed E-state index contributed by atoms with van der Waals surface area (Å²) in [7, 11) is 0. The fourth-order valence-corrected chi connectivity index (χ4v) is 1.97. The topological polar surface area (TPSA) is 41.1 Å². The second-order valence-electron chi connectivity index (χ2n) is 4.11. The molecule has 1 aromatic rings. The highest BCUT2D eigenvalue weighted by Crippen LogP contribution is 2.30. The average molecular weight is 289 g/mol. The number of anilines is 1. The van der Waals surface area contributed by atoms with Gasteiger partial charge < -0.3 is 10.6 Å². The van der Waals surface area contributed by atoms with Crippen LogP contribution in [0, 0.1) is 0 Å². The minimum Gasteiger partial charge on any atom is -0.371 e. The van der Waals surface area contributed by atoms with Gasteiger partial charge in [-0.2, -0.15) is 0 Å². The van der Waals surface area contributed by atoms with E-state index < -0.39 is 0 Å². The number of carbonyl (C=O) groups excluding carboxylic acids is 1. The van der Waals surface area contributed by atoms with Crippen molar-refractivity contribution in [1.82, 2.24) is 5.32 Å². The van der Waals surface area contributed by atoms with Crippen molar-refractivity contribution in [3.63, 3.8) is 0 Å². The Morgan fingerprint density at radius 2 is 1.94 bits per heavy atom. The highest BCUT2D eigenvalue weighted by atomic mass is 35.5. The Hall–Kier alpha value is -0.930. The normalized spacial score (nSPS) is 12.0. The van der Waals surface area contributed by atoms with Crippen LogP contribution in [-0.2, 0) is 4.79 Å². The molecule has 0 saturated carbocycles. The number of para-hydroxylation sites is 1. The van der Waals surface area contributed by atoms with Crippen LogP contribution in [0.3, 0.4) is 0 Å². The van der Waals surface area contributed by atoms with Gasteiger partial charge in [-0.05, 0) is 25.5 Å². The molecule has 100 valence electrons. The van der Waals surface area contributed by atoms with Gasteiger partial charge in [-0.25, -0.2) is 0 Å². The molecule has 2 N–H and O–H groups in total. The maximum Gasteiger partial charge on any atom is 0.242 e. The summed E-state index contributed by atoms with van der Waals surface area (Å²) in [4.78, 5) is 11.8. The van der Waals surface area contributed by atoms with E-state index in [9.17, 15) is 4.79 Å². The quantitative estimate of drug-likeness (QED) is 0.784. The molecule has 0 saturated heterocycles. The second kappa shape index (κ2) is 7.49.